The fourth-order valence-corrected chi connectivity index (χ4v) is 3.74. The molecule has 1 atom stereocenters. The highest BCUT2D eigenvalue weighted by atomic mass is 15.2. The number of rotatable bonds is 3. The van der Waals surface area contributed by atoms with Crippen LogP contribution in [-0.2, 0) is 0 Å². The molecular formula is C23H29N5. The van der Waals surface area contributed by atoms with E-state index in [-0.39, 0.29) is 6.04 Å². The Kier molecular flexibility index (Phi) is 5.35. The Morgan fingerprint density at radius 1 is 1.00 bits per heavy atom. The number of likely N-dealkylation sites (N-methyl/N-ethyl adjacent to an activating group) is 1. The van der Waals surface area contributed by atoms with Gasteiger partial charge in [-0.25, -0.2) is 4.99 Å². The molecule has 0 radical (unpaired) electrons. The van der Waals surface area contributed by atoms with E-state index in [2.05, 4.69) is 94.0 Å². The Morgan fingerprint density at radius 3 is 2.46 bits per heavy atom. The average Bonchev–Trinajstić information content (AvgIpc) is 2.69. The molecule has 5 nitrogen and oxygen atoms in total. The van der Waals surface area contributed by atoms with Gasteiger partial charge in [0, 0.05) is 43.3 Å². The number of benzene rings is 2. The molecule has 2 N–H and O–H groups in total. The van der Waals surface area contributed by atoms with Gasteiger partial charge in [0.15, 0.2) is 0 Å². The van der Waals surface area contributed by atoms with Crippen molar-refractivity contribution in [2.75, 3.05) is 43.4 Å². The molecule has 5 heteroatoms. The van der Waals surface area contributed by atoms with Gasteiger partial charge in [0.2, 0.25) is 5.96 Å². The maximum Gasteiger partial charge on any atom is 0.201 e. The minimum atomic E-state index is 0.129. The Morgan fingerprint density at radius 2 is 1.75 bits per heavy atom. The van der Waals surface area contributed by atoms with E-state index in [9.17, 15) is 0 Å². The first-order valence-corrected chi connectivity index (χ1v) is 9.98. The van der Waals surface area contributed by atoms with Crippen LogP contribution in [0, 0.1) is 6.92 Å². The molecule has 4 rings (SSSR count). The van der Waals surface area contributed by atoms with Crippen LogP contribution in [0.4, 0.5) is 11.4 Å². The van der Waals surface area contributed by atoms with Gasteiger partial charge in [0.1, 0.15) is 0 Å². The summed E-state index contributed by atoms with van der Waals surface area (Å²) >= 11 is 0. The second-order valence-electron chi connectivity index (χ2n) is 7.77. The van der Waals surface area contributed by atoms with Crippen LogP contribution in [0.25, 0.3) is 0 Å². The number of nitrogens with one attached hydrogen (secondary N) is 2. The fourth-order valence-electron chi connectivity index (χ4n) is 3.74. The van der Waals surface area contributed by atoms with Gasteiger partial charge in [0.05, 0.1) is 6.04 Å². The molecule has 0 saturated carbocycles. The maximum atomic E-state index is 4.64. The number of guanidine groups is 1. The minimum Gasteiger partial charge on any atom is -0.369 e. The lowest BCUT2D eigenvalue weighted by atomic mass is 10.0. The molecule has 0 aromatic heterocycles. The maximum absolute atomic E-state index is 4.64. The van der Waals surface area contributed by atoms with Crippen molar-refractivity contribution in [3.05, 3.63) is 71.4 Å². The lowest BCUT2D eigenvalue weighted by Gasteiger charge is -2.34. The van der Waals surface area contributed by atoms with Gasteiger partial charge in [-0.15, -0.1) is 0 Å². The smallest absolute Gasteiger partial charge is 0.201 e. The van der Waals surface area contributed by atoms with Crippen LogP contribution in [0.2, 0.25) is 0 Å². The fraction of sp³-hybridized carbons (Fsp3) is 0.348. The van der Waals surface area contributed by atoms with Gasteiger partial charge in [0.25, 0.3) is 0 Å². The van der Waals surface area contributed by atoms with Gasteiger partial charge in [-0.1, -0.05) is 29.8 Å². The van der Waals surface area contributed by atoms with Crippen molar-refractivity contribution in [2.45, 2.75) is 19.9 Å². The van der Waals surface area contributed by atoms with E-state index in [0.717, 1.165) is 43.5 Å². The van der Waals surface area contributed by atoms with Crippen LogP contribution in [0.5, 0.6) is 0 Å². The molecule has 1 fully saturated rings. The van der Waals surface area contributed by atoms with Crippen LogP contribution in [-0.4, -0.2) is 44.1 Å². The van der Waals surface area contributed by atoms with E-state index in [0.29, 0.717) is 0 Å². The number of hydrogen-bond donors (Lipinski definition) is 2. The van der Waals surface area contributed by atoms with Crippen LogP contribution >= 0.6 is 0 Å². The van der Waals surface area contributed by atoms with Gasteiger partial charge in [-0.2, -0.15) is 0 Å². The highest BCUT2D eigenvalue weighted by Gasteiger charge is 2.17. The second kappa shape index (κ2) is 8.07. The third kappa shape index (κ3) is 4.37. The predicted octanol–water partition coefficient (Wildman–Crippen LogP) is 3.76. The highest BCUT2D eigenvalue weighted by Crippen LogP contribution is 2.23. The molecular weight excluding hydrogens is 346 g/mol. The standard InChI is InChI=1S/C23H29N5/c1-17-5-4-6-19(15-17)22-16-18(2)24-23(26-22)25-20-7-9-21(10-8-20)28-13-11-27(3)12-14-28/h4-10,15-16,22H,11-14H2,1-3H3,(H2,24,25,26). The Balaban J connectivity index is 1.43. The third-order valence-corrected chi connectivity index (χ3v) is 5.39. The molecule has 2 aliphatic heterocycles. The normalized spacial score (nSPS) is 20.2. The quantitative estimate of drug-likeness (QED) is 0.857. The van der Waals surface area contributed by atoms with Crippen LogP contribution in [0.1, 0.15) is 24.1 Å². The second-order valence-corrected chi connectivity index (χ2v) is 7.77. The topological polar surface area (TPSA) is 42.9 Å². The molecule has 146 valence electrons. The van der Waals surface area contributed by atoms with Crippen molar-refractivity contribution in [3.8, 4) is 0 Å². The largest absolute Gasteiger partial charge is 0.369 e. The van der Waals surface area contributed by atoms with Crippen molar-refractivity contribution in [3.63, 3.8) is 0 Å². The summed E-state index contributed by atoms with van der Waals surface area (Å²) in [5, 5.41) is 6.94. The summed E-state index contributed by atoms with van der Waals surface area (Å²) < 4.78 is 0. The highest BCUT2D eigenvalue weighted by molar-refractivity contribution is 5.95. The summed E-state index contributed by atoms with van der Waals surface area (Å²) in [6.07, 6.45) is 2.16. The van der Waals surface area contributed by atoms with E-state index in [1.54, 1.807) is 0 Å². The van der Waals surface area contributed by atoms with E-state index in [1.165, 1.54) is 16.8 Å². The number of nitrogens with zero attached hydrogens (tertiary/aromatic N) is 3. The first-order valence-electron chi connectivity index (χ1n) is 9.98. The molecule has 2 aromatic rings. The van der Waals surface area contributed by atoms with Crippen molar-refractivity contribution in [1.29, 1.82) is 0 Å². The molecule has 0 aliphatic carbocycles. The summed E-state index contributed by atoms with van der Waals surface area (Å²) in [7, 11) is 2.18. The van der Waals surface area contributed by atoms with E-state index in [4.69, 9.17) is 0 Å². The van der Waals surface area contributed by atoms with Crippen molar-refractivity contribution < 1.29 is 0 Å². The Hall–Kier alpha value is -2.79. The molecule has 0 bridgehead atoms. The van der Waals surface area contributed by atoms with Crippen molar-refractivity contribution in [1.82, 2.24) is 10.2 Å². The SMILES string of the molecule is CC1=CC(c2cccc(C)c2)NC(Nc2ccc(N3CCN(C)CC3)cc2)=N1. The van der Waals surface area contributed by atoms with Gasteiger partial charge in [-0.05, 0) is 56.8 Å². The van der Waals surface area contributed by atoms with Crippen molar-refractivity contribution >= 4 is 17.3 Å². The predicted molar refractivity (Wildman–Crippen MR) is 118 cm³/mol. The van der Waals surface area contributed by atoms with E-state index in [1.807, 2.05) is 6.92 Å². The molecule has 28 heavy (non-hydrogen) atoms. The van der Waals surface area contributed by atoms with Gasteiger partial charge < -0.3 is 20.4 Å². The molecule has 0 amide bonds. The number of hydrogen-bond acceptors (Lipinski definition) is 5. The summed E-state index contributed by atoms with van der Waals surface area (Å²) in [6, 6.07) is 17.4. The first kappa shape index (κ1) is 18.6. The van der Waals surface area contributed by atoms with E-state index >= 15 is 0 Å². The monoisotopic (exact) mass is 375 g/mol. The zero-order chi connectivity index (χ0) is 19.5. The van der Waals surface area contributed by atoms with Crippen molar-refractivity contribution in [2.24, 2.45) is 4.99 Å². The van der Waals surface area contributed by atoms with Crippen LogP contribution in [0.3, 0.4) is 0 Å². The molecule has 1 unspecified atom stereocenters. The summed E-state index contributed by atoms with van der Waals surface area (Å²) in [5.74, 6) is 0.791. The number of aryl methyl sites for hydroxylation is 1. The molecule has 2 aliphatic rings. The zero-order valence-corrected chi connectivity index (χ0v) is 16.9. The average molecular weight is 376 g/mol. The molecule has 0 spiro atoms. The molecule has 2 heterocycles. The summed E-state index contributed by atoms with van der Waals surface area (Å²) in [5.41, 5.74) is 5.86. The third-order valence-electron chi connectivity index (χ3n) is 5.39. The van der Waals surface area contributed by atoms with Crippen LogP contribution in [0.15, 0.2) is 65.3 Å². The first-order chi connectivity index (χ1) is 13.6. The zero-order valence-electron chi connectivity index (χ0n) is 16.9. The minimum absolute atomic E-state index is 0.129. The van der Waals surface area contributed by atoms with Gasteiger partial charge in [-0.3, -0.25) is 0 Å². The Bertz CT molecular complexity index is 876. The number of piperazine rings is 1. The summed E-state index contributed by atoms with van der Waals surface area (Å²) in [6.45, 7) is 8.57. The molecule has 1 saturated heterocycles. The van der Waals surface area contributed by atoms with Gasteiger partial charge >= 0.3 is 0 Å². The number of allylic oxidation sites excluding steroid dienone is 1. The number of anilines is 2. The van der Waals surface area contributed by atoms with E-state index < -0.39 is 0 Å². The lowest BCUT2D eigenvalue weighted by molar-refractivity contribution is 0.313. The number of aliphatic imine (C=N–C) groups is 1. The summed E-state index contributed by atoms with van der Waals surface area (Å²) in [4.78, 5) is 9.46. The molecule has 2 aromatic carbocycles. The Labute approximate surface area is 167 Å². The van der Waals surface area contributed by atoms with Crippen LogP contribution < -0.4 is 15.5 Å². The lowest BCUT2D eigenvalue weighted by Crippen LogP contribution is -2.44.